The van der Waals surface area contributed by atoms with Crippen LogP contribution in [-0.4, -0.2) is 36.3 Å². The Bertz CT molecular complexity index is 937. The van der Waals surface area contributed by atoms with Gasteiger partial charge in [0, 0.05) is 5.56 Å². The molecular formula is C24H28N2O4. The van der Waals surface area contributed by atoms with Crippen molar-refractivity contribution in [1.29, 1.82) is 0 Å². The van der Waals surface area contributed by atoms with E-state index in [1.807, 2.05) is 19.1 Å². The Kier molecular flexibility index (Phi) is 6.25. The highest BCUT2D eigenvalue weighted by Crippen LogP contribution is 2.33. The highest BCUT2D eigenvalue weighted by molar-refractivity contribution is 6.11. The van der Waals surface area contributed by atoms with Crippen LogP contribution in [0.3, 0.4) is 0 Å². The van der Waals surface area contributed by atoms with Gasteiger partial charge in [-0.15, -0.1) is 0 Å². The minimum atomic E-state index is -1.18. The van der Waals surface area contributed by atoms with Gasteiger partial charge in [-0.3, -0.25) is 14.5 Å². The molecule has 0 unspecified atom stereocenters. The summed E-state index contributed by atoms with van der Waals surface area (Å²) in [5.74, 6) is 0.394. The molecule has 1 saturated heterocycles. The van der Waals surface area contributed by atoms with Gasteiger partial charge in [0.05, 0.1) is 13.7 Å². The number of carbonyl (C=O) groups is 3. The summed E-state index contributed by atoms with van der Waals surface area (Å²) in [7, 11) is 1.57. The predicted molar refractivity (Wildman–Crippen MR) is 115 cm³/mol. The molecule has 0 saturated carbocycles. The second kappa shape index (κ2) is 8.69. The van der Waals surface area contributed by atoms with Crippen LogP contribution in [0, 0.1) is 0 Å². The summed E-state index contributed by atoms with van der Waals surface area (Å²) in [5.41, 5.74) is 1.14. The quantitative estimate of drug-likeness (QED) is 0.523. The molecule has 2 atom stereocenters. The number of nitrogens with one attached hydrogen (secondary N) is 1. The molecule has 0 aromatic heterocycles. The summed E-state index contributed by atoms with van der Waals surface area (Å²) in [6, 6.07) is 13.9. The number of carbonyl (C=O) groups excluding carboxylic acids is 3. The van der Waals surface area contributed by atoms with Gasteiger partial charge < -0.3 is 10.1 Å². The maximum Gasteiger partial charge on any atom is 0.325 e. The lowest BCUT2D eigenvalue weighted by Crippen LogP contribution is -2.43. The number of rotatable bonds is 8. The van der Waals surface area contributed by atoms with E-state index in [4.69, 9.17) is 4.74 Å². The number of ketones is 1. The largest absolute Gasteiger partial charge is 0.497 e. The lowest BCUT2D eigenvalue weighted by molar-refractivity contribution is -0.131. The summed E-state index contributed by atoms with van der Waals surface area (Å²) in [5, 5.41) is 2.80. The Morgan fingerprint density at radius 3 is 2.23 bits per heavy atom. The Hall–Kier alpha value is -3.15. The van der Waals surface area contributed by atoms with E-state index in [2.05, 4.69) is 19.2 Å². The first kappa shape index (κ1) is 21.6. The second-order valence-electron chi connectivity index (χ2n) is 7.66. The van der Waals surface area contributed by atoms with Crippen LogP contribution in [0.1, 0.15) is 61.0 Å². The molecule has 30 heavy (non-hydrogen) atoms. The number of urea groups is 1. The van der Waals surface area contributed by atoms with Crippen molar-refractivity contribution in [3.8, 4) is 5.75 Å². The van der Waals surface area contributed by atoms with E-state index in [0.29, 0.717) is 29.2 Å². The van der Waals surface area contributed by atoms with Crippen molar-refractivity contribution >= 4 is 17.7 Å². The van der Waals surface area contributed by atoms with E-state index < -0.39 is 17.5 Å². The Labute approximate surface area is 177 Å². The van der Waals surface area contributed by atoms with Gasteiger partial charge in [0.25, 0.3) is 5.91 Å². The molecule has 1 aliphatic rings. The topological polar surface area (TPSA) is 75.7 Å². The highest BCUT2D eigenvalue weighted by Gasteiger charge is 2.51. The number of benzene rings is 2. The molecule has 6 nitrogen and oxygen atoms in total. The third kappa shape index (κ3) is 3.82. The molecule has 0 radical (unpaired) electrons. The van der Waals surface area contributed by atoms with Crippen LogP contribution in [0.5, 0.6) is 5.75 Å². The van der Waals surface area contributed by atoms with Crippen LogP contribution < -0.4 is 10.1 Å². The average Bonchev–Trinajstić information content (AvgIpc) is 3.03. The third-order valence-electron chi connectivity index (χ3n) is 6.00. The zero-order valence-electron chi connectivity index (χ0n) is 17.9. The number of nitrogens with zero attached hydrogens (tertiary/aromatic N) is 1. The van der Waals surface area contributed by atoms with E-state index in [9.17, 15) is 14.4 Å². The van der Waals surface area contributed by atoms with E-state index in [1.54, 1.807) is 43.5 Å². The van der Waals surface area contributed by atoms with E-state index in [-0.39, 0.29) is 12.3 Å². The van der Waals surface area contributed by atoms with Gasteiger partial charge in [0.2, 0.25) is 0 Å². The van der Waals surface area contributed by atoms with Crippen LogP contribution in [0.25, 0.3) is 0 Å². The maximum absolute atomic E-state index is 13.2. The van der Waals surface area contributed by atoms with E-state index in [0.717, 1.165) is 16.9 Å². The molecule has 1 heterocycles. The molecule has 3 rings (SSSR count). The normalized spacial score (nSPS) is 19.5. The fraction of sp³-hybridized carbons (Fsp3) is 0.375. The molecule has 3 amide bonds. The summed E-state index contributed by atoms with van der Waals surface area (Å²) in [6.45, 7) is 5.80. The van der Waals surface area contributed by atoms with Gasteiger partial charge in [-0.2, -0.15) is 0 Å². The maximum atomic E-state index is 13.2. The van der Waals surface area contributed by atoms with Crippen LogP contribution in [0.4, 0.5) is 4.79 Å². The summed E-state index contributed by atoms with van der Waals surface area (Å²) >= 11 is 0. The first-order chi connectivity index (χ1) is 14.4. The molecule has 0 bridgehead atoms. The molecule has 2 aromatic carbocycles. The number of hydrogen-bond acceptors (Lipinski definition) is 4. The zero-order valence-corrected chi connectivity index (χ0v) is 17.9. The Morgan fingerprint density at radius 2 is 1.70 bits per heavy atom. The molecule has 1 N–H and O–H groups in total. The number of Topliss-reactive ketones (excluding diaryl/α,β-unsaturated/α-hetero) is 1. The molecule has 0 aliphatic carbocycles. The van der Waals surface area contributed by atoms with Crippen molar-refractivity contribution in [2.75, 3.05) is 13.7 Å². The highest BCUT2D eigenvalue weighted by atomic mass is 16.5. The minimum Gasteiger partial charge on any atom is -0.497 e. The molecule has 6 heteroatoms. The standard InChI is InChI=1S/C24H28N2O4/c1-5-16(3)17-7-9-18(10-8-17)21(27)15-26-22(28)24(6-2,25-23(26)29)19-11-13-20(30-4)14-12-19/h7-14,16H,5-6,15H2,1-4H3,(H,25,29)/t16-,24+/m1/s1. The summed E-state index contributed by atoms with van der Waals surface area (Å²) < 4.78 is 5.17. The number of methoxy groups -OCH3 is 1. The summed E-state index contributed by atoms with van der Waals surface area (Å²) in [4.78, 5) is 39.6. The van der Waals surface area contributed by atoms with Crippen molar-refractivity contribution in [2.24, 2.45) is 0 Å². The van der Waals surface area contributed by atoms with Gasteiger partial charge in [0.15, 0.2) is 5.78 Å². The van der Waals surface area contributed by atoms with Gasteiger partial charge in [-0.05, 0) is 42.0 Å². The molecular weight excluding hydrogens is 380 g/mol. The minimum absolute atomic E-state index is 0.268. The van der Waals surface area contributed by atoms with Gasteiger partial charge in [-0.25, -0.2) is 4.79 Å². The zero-order chi connectivity index (χ0) is 21.9. The lowest BCUT2D eigenvalue weighted by atomic mass is 9.87. The SMILES string of the molecule is CC[C@@H](C)c1ccc(C(=O)CN2C(=O)N[C@@](CC)(c3ccc(OC)cc3)C2=O)cc1. The summed E-state index contributed by atoms with van der Waals surface area (Å²) in [6.07, 6.45) is 1.39. The number of imide groups is 1. The van der Waals surface area contributed by atoms with Crippen LogP contribution in [0.2, 0.25) is 0 Å². The fourth-order valence-electron chi connectivity index (χ4n) is 3.75. The predicted octanol–water partition coefficient (Wildman–Crippen LogP) is 4.25. The van der Waals surface area contributed by atoms with Crippen molar-refractivity contribution in [3.63, 3.8) is 0 Å². The van der Waals surface area contributed by atoms with Gasteiger partial charge in [0.1, 0.15) is 11.3 Å². The number of hydrogen-bond donors (Lipinski definition) is 1. The number of ether oxygens (including phenoxy) is 1. The molecule has 1 aliphatic heterocycles. The van der Waals surface area contributed by atoms with E-state index >= 15 is 0 Å². The molecule has 158 valence electrons. The Morgan fingerprint density at radius 1 is 1.07 bits per heavy atom. The van der Waals surface area contributed by atoms with Crippen LogP contribution in [-0.2, 0) is 10.3 Å². The Balaban J connectivity index is 1.80. The van der Waals surface area contributed by atoms with Crippen molar-refractivity contribution < 1.29 is 19.1 Å². The average molecular weight is 408 g/mol. The monoisotopic (exact) mass is 408 g/mol. The first-order valence-corrected chi connectivity index (χ1v) is 10.3. The van der Waals surface area contributed by atoms with Crippen LogP contribution in [0.15, 0.2) is 48.5 Å². The van der Waals surface area contributed by atoms with Crippen LogP contribution >= 0.6 is 0 Å². The first-order valence-electron chi connectivity index (χ1n) is 10.3. The van der Waals surface area contributed by atoms with E-state index in [1.165, 1.54) is 0 Å². The molecule has 0 spiro atoms. The van der Waals surface area contributed by atoms with Crippen molar-refractivity contribution in [2.45, 2.75) is 45.1 Å². The van der Waals surface area contributed by atoms with Crippen molar-refractivity contribution in [1.82, 2.24) is 10.2 Å². The number of amides is 3. The second-order valence-corrected chi connectivity index (χ2v) is 7.66. The lowest BCUT2D eigenvalue weighted by Gasteiger charge is -2.26. The third-order valence-corrected chi connectivity index (χ3v) is 6.00. The molecule has 1 fully saturated rings. The van der Waals surface area contributed by atoms with Crippen molar-refractivity contribution in [3.05, 3.63) is 65.2 Å². The fourth-order valence-corrected chi connectivity index (χ4v) is 3.75. The van der Waals surface area contributed by atoms with Gasteiger partial charge >= 0.3 is 6.03 Å². The molecule has 2 aromatic rings. The van der Waals surface area contributed by atoms with Gasteiger partial charge in [-0.1, -0.05) is 57.2 Å². The smallest absolute Gasteiger partial charge is 0.325 e.